The number of halogens is 4. The van der Waals surface area contributed by atoms with E-state index >= 15 is 0 Å². The van der Waals surface area contributed by atoms with Crippen LogP contribution in [0, 0.1) is 6.92 Å². The molecule has 13 heavy (non-hydrogen) atoms. The fraction of sp³-hybridized carbons (Fsp3) is 0.250. The zero-order valence-corrected chi connectivity index (χ0v) is 6.74. The van der Waals surface area contributed by atoms with Gasteiger partial charge >= 0.3 is 6.18 Å². The predicted octanol–water partition coefficient (Wildman–Crippen LogP) is 3.31. The van der Waals surface area contributed by atoms with Crippen LogP contribution in [-0.4, -0.2) is 0 Å². The second-order valence-electron chi connectivity index (χ2n) is 2.68. The third-order valence-corrected chi connectivity index (χ3v) is 1.51. The first-order valence-corrected chi connectivity index (χ1v) is 3.49. The predicted molar refractivity (Wildman–Crippen MR) is 40.9 cm³/mol. The Morgan fingerprint density at radius 1 is 1.15 bits per heavy atom. The topological polar surface area (TPSA) is 12.0 Å². The second-order valence-corrected chi connectivity index (χ2v) is 2.68. The van der Waals surface area contributed by atoms with E-state index in [9.17, 15) is 17.7 Å². The van der Waals surface area contributed by atoms with Crippen LogP contribution in [0.25, 0.3) is 0 Å². The van der Waals surface area contributed by atoms with Crippen molar-refractivity contribution in [1.29, 1.82) is 0 Å². The lowest BCUT2D eigenvalue weighted by atomic mass is 10.1. The van der Waals surface area contributed by atoms with Gasteiger partial charge in [0, 0.05) is 0 Å². The minimum atomic E-state index is -4.43. The lowest BCUT2D eigenvalue weighted by Gasteiger charge is -2.08. The molecule has 0 saturated carbocycles. The van der Waals surface area contributed by atoms with E-state index in [1.165, 1.54) is 18.5 Å². The first-order chi connectivity index (χ1) is 5.93. The van der Waals surface area contributed by atoms with Crippen molar-refractivity contribution >= 4 is 5.69 Å². The summed E-state index contributed by atoms with van der Waals surface area (Å²) in [5.74, 6) is 0. The summed E-state index contributed by atoms with van der Waals surface area (Å²) in [4.78, 5) is 0. The minimum absolute atomic E-state index is 0.188. The summed E-state index contributed by atoms with van der Waals surface area (Å²) >= 11 is 0. The molecule has 0 aliphatic rings. The molecule has 0 aromatic heterocycles. The van der Waals surface area contributed by atoms with Crippen molar-refractivity contribution in [2.45, 2.75) is 13.1 Å². The van der Waals surface area contributed by atoms with Crippen LogP contribution in [0.2, 0.25) is 0 Å². The maximum Gasteiger partial charge on any atom is 0.416 e. The van der Waals surface area contributed by atoms with Gasteiger partial charge in [-0.2, -0.15) is 13.2 Å². The number of rotatable bonds is 1. The van der Waals surface area contributed by atoms with Gasteiger partial charge in [0.15, 0.2) is 0 Å². The molecule has 0 aliphatic heterocycles. The molecule has 0 unspecified atom stereocenters. The third-order valence-electron chi connectivity index (χ3n) is 1.51. The van der Waals surface area contributed by atoms with Crippen LogP contribution in [0.4, 0.5) is 23.3 Å². The molecule has 1 N–H and O–H groups in total. The molecule has 1 rings (SSSR count). The summed E-state index contributed by atoms with van der Waals surface area (Å²) in [6.07, 6.45) is -4.43. The molecule has 72 valence electrons. The van der Waals surface area contributed by atoms with E-state index in [-0.39, 0.29) is 5.69 Å². The zero-order valence-electron chi connectivity index (χ0n) is 6.74. The monoisotopic (exact) mass is 193 g/mol. The molecular weight excluding hydrogens is 186 g/mol. The van der Waals surface area contributed by atoms with Crippen LogP contribution in [0.1, 0.15) is 11.1 Å². The van der Waals surface area contributed by atoms with E-state index in [0.717, 1.165) is 6.07 Å². The highest BCUT2D eigenvalue weighted by molar-refractivity contribution is 5.47. The van der Waals surface area contributed by atoms with E-state index in [2.05, 4.69) is 0 Å². The van der Waals surface area contributed by atoms with Gasteiger partial charge in [-0.15, -0.1) is 4.48 Å². The van der Waals surface area contributed by atoms with E-state index in [0.29, 0.717) is 11.6 Å². The van der Waals surface area contributed by atoms with Gasteiger partial charge in [0.05, 0.1) is 11.3 Å². The summed E-state index contributed by atoms with van der Waals surface area (Å²) in [5.41, 5.74) is 0.495. The molecule has 0 amide bonds. The maximum absolute atomic E-state index is 12.1. The molecule has 0 fully saturated rings. The van der Waals surface area contributed by atoms with Crippen molar-refractivity contribution in [3.05, 3.63) is 29.3 Å². The fourth-order valence-corrected chi connectivity index (χ4v) is 1.00. The molecule has 0 bridgehead atoms. The van der Waals surface area contributed by atoms with Gasteiger partial charge in [0.2, 0.25) is 0 Å². The second kappa shape index (κ2) is 3.24. The molecular formula is C8H7F4N. The summed E-state index contributed by atoms with van der Waals surface area (Å²) in [6.45, 7) is 1.47. The minimum Gasteiger partial charge on any atom is -0.225 e. The highest BCUT2D eigenvalue weighted by Gasteiger charge is 2.30. The Hall–Kier alpha value is -1.26. The summed E-state index contributed by atoms with van der Waals surface area (Å²) in [6, 6.07) is 2.96. The van der Waals surface area contributed by atoms with E-state index < -0.39 is 11.7 Å². The van der Waals surface area contributed by atoms with Gasteiger partial charge in [0.1, 0.15) is 0 Å². The first kappa shape index (κ1) is 9.83. The highest BCUT2D eigenvalue weighted by atomic mass is 19.4. The van der Waals surface area contributed by atoms with E-state index in [1.54, 1.807) is 0 Å². The first-order valence-electron chi connectivity index (χ1n) is 3.49. The zero-order chi connectivity index (χ0) is 10.1. The van der Waals surface area contributed by atoms with Gasteiger partial charge < -0.3 is 0 Å². The fourth-order valence-electron chi connectivity index (χ4n) is 1.00. The van der Waals surface area contributed by atoms with Crippen molar-refractivity contribution < 1.29 is 17.7 Å². The Bertz CT molecular complexity index is 306. The Kier molecular flexibility index (Phi) is 2.45. The average molecular weight is 193 g/mol. The van der Waals surface area contributed by atoms with Gasteiger partial charge in [0.25, 0.3) is 0 Å². The van der Waals surface area contributed by atoms with Gasteiger partial charge in [-0.05, 0) is 30.7 Å². The smallest absolute Gasteiger partial charge is 0.225 e. The van der Waals surface area contributed by atoms with Gasteiger partial charge in [-0.25, -0.2) is 5.54 Å². The van der Waals surface area contributed by atoms with E-state index in [1.807, 2.05) is 0 Å². The third kappa shape index (κ3) is 2.34. The number of anilines is 1. The number of alkyl halides is 3. The van der Waals surface area contributed by atoms with Crippen molar-refractivity contribution in [2.75, 3.05) is 5.54 Å². The summed E-state index contributed by atoms with van der Waals surface area (Å²) < 4.78 is 48.3. The molecule has 0 saturated heterocycles. The molecule has 0 atom stereocenters. The van der Waals surface area contributed by atoms with Crippen LogP contribution >= 0.6 is 0 Å². The number of nitrogens with one attached hydrogen (secondary N) is 1. The molecule has 0 heterocycles. The van der Waals surface area contributed by atoms with Crippen LogP contribution in [-0.2, 0) is 6.18 Å². The summed E-state index contributed by atoms with van der Waals surface area (Å²) in [5, 5.41) is 0. The van der Waals surface area contributed by atoms with Gasteiger partial charge in [-0.3, -0.25) is 0 Å². The highest BCUT2D eigenvalue weighted by Crippen LogP contribution is 2.31. The molecule has 1 aromatic rings. The standard InChI is InChI=1S/C8H7F4N/c1-5-2-6(8(9,10)11)4-7(3-5)13-12/h2-4,13H,1H3. The van der Waals surface area contributed by atoms with Crippen LogP contribution in [0.3, 0.4) is 0 Å². The largest absolute Gasteiger partial charge is 0.416 e. The van der Waals surface area contributed by atoms with Crippen molar-refractivity contribution in [1.82, 2.24) is 0 Å². The number of benzene rings is 1. The van der Waals surface area contributed by atoms with Crippen LogP contribution < -0.4 is 5.54 Å². The normalized spacial score (nSPS) is 11.5. The molecule has 1 nitrogen and oxygen atoms in total. The van der Waals surface area contributed by atoms with E-state index in [4.69, 9.17) is 0 Å². The van der Waals surface area contributed by atoms with Crippen molar-refractivity contribution in [3.8, 4) is 0 Å². The average Bonchev–Trinajstić information content (AvgIpc) is 2.01. The number of hydrogen-bond acceptors (Lipinski definition) is 1. The maximum atomic E-state index is 12.1. The molecule has 0 spiro atoms. The number of aryl methyl sites for hydroxylation is 1. The Morgan fingerprint density at radius 2 is 1.77 bits per heavy atom. The quantitative estimate of drug-likeness (QED) is 0.533. The lowest BCUT2D eigenvalue weighted by Crippen LogP contribution is -2.05. The molecule has 0 radical (unpaired) electrons. The Morgan fingerprint density at radius 3 is 2.23 bits per heavy atom. The van der Waals surface area contributed by atoms with Crippen LogP contribution in [0.15, 0.2) is 18.2 Å². The van der Waals surface area contributed by atoms with Crippen molar-refractivity contribution in [3.63, 3.8) is 0 Å². The summed E-state index contributed by atoms with van der Waals surface area (Å²) in [7, 11) is 0. The van der Waals surface area contributed by atoms with Crippen LogP contribution in [0.5, 0.6) is 0 Å². The number of hydrogen-bond donors (Lipinski definition) is 1. The Balaban J connectivity index is 3.16. The molecule has 0 aliphatic carbocycles. The SMILES string of the molecule is Cc1cc(NF)cc(C(F)(F)F)c1. The molecule has 5 heteroatoms. The van der Waals surface area contributed by atoms with Gasteiger partial charge in [-0.1, -0.05) is 0 Å². The Labute approximate surface area is 72.3 Å². The lowest BCUT2D eigenvalue weighted by molar-refractivity contribution is -0.137. The van der Waals surface area contributed by atoms with Crippen molar-refractivity contribution in [2.24, 2.45) is 0 Å². The molecule has 1 aromatic carbocycles.